The van der Waals surface area contributed by atoms with Crippen LogP contribution in [0.15, 0.2) is 18.2 Å². The van der Waals surface area contributed by atoms with Crippen molar-refractivity contribution < 1.29 is 0 Å². The molecule has 0 aliphatic heterocycles. The largest absolute Gasteiger partial charge is 0.0617 e. The molecule has 14 heavy (non-hydrogen) atoms. The van der Waals surface area contributed by atoms with Crippen molar-refractivity contribution >= 4 is 0 Å². The zero-order valence-electron chi connectivity index (χ0n) is 9.47. The summed E-state index contributed by atoms with van der Waals surface area (Å²) in [5.41, 5.74) is 4.41. The number of hydrogen-bond acceptors (Lipinski definition) is 0. The predicted octanol–water partition coefficient (Wildman–Crippen LogP) is 4.24. The molecule has 0 spiro atoms. The Kier molecular flexibility index (Phi) is 4.72. The van der Waals surface area contributed by atoms with Crippen LogP contribution in [-0.2, 0) is 6.42 Å². The lowest BCUT2D eigenvalue weighted by molar-refractivity contribution is 0.684. The van der Waals surface area contributed by atoms with Crippen LogP contribution < -0.4 is 0 Å². The lowest BCUT2D eigenvalue weighted by Gasteiger charge is -2.07. The lowest BCUT2D eigenvalue weighted by atomic mass is 9.98. The van der Waals surface area contributed by atoms with E-state index in [1.54, 1.807) is 0 Å². The Morgan fingerprint density at radius 3 is 2.57 bits per heavy atom. The van der Waals surface area contributed by atoms with E-state index in [2.05, 4.69) is 39.0 Å². The second-order valence-corrected chi connectivity index (χ2v) is 4.02. The first-order valence-corrected chi connectivity index (χ1v) is 5.60. The summed E-state index contributed by atoms with van der Waals surface area (Å²) in [5.74, 6) is 0. The lowest BCUT2D eigenvalue weighted by Crippen LogP contribution is -1.92. The molecule has 0 heterocycles. The van der Waals surface area contributed by atoms with Gasteiger partial charge < -0.3 is 0 Å². The van der Waals surface area contributed by atoms with Crippen molar-refractivity contribution in [1.29, 1.82) is 0 Å². The molecule has 0 aliphatic rings. The van der Waals surface area contributed by atoms with Crippen LogP contribution in [0.1, 0.15) is 42.4 Å². The summed E-state index contributed by atoms with van der Waals surface area (Å²) in [6, 6.07) is 6.61. The van der Waals surface area contributed by atoms with Crippen LogP contribution in [0.5, 0.6) is 0 Å². The second kappa shape index (κ2) is 5.85. The zero-order chi connectivity index (χ0) is 10.4. The monoisotopic (exact) mass is 189 g/mol. The fourth-order valence-corrected chi connectivity index (χ4v) is 1.75. The number of unbranched alkanes of at least 4 members (excludes halogenated alkanes) is 3. The zero-order valence-corrected chi connectivity index (χ0v) is 9.47. The highest BCUT2D eigenvalue weighted by atomic mass is 14.0. The van der Waals surface area contributed by atoms with Crippen LogP contribution in [0.2, 0.25) is 0 Å². The Hall–Kier alpha value is -0.780. The molecule has 1 aromatic carbocycles. The quantitative estimate of drug-likeness (QED) is 0.608. The Bertz CT molecular complexity index is 273. The predicted molar refractivity (Wildman–Crippen MR) is 63.4 cm³/mol. The number of benzene rings is 1. The topological polar surface area (TPSA) is 0 Å². The van der Waals surface area contributed by atoms with Crippen LogP contribution >= 0.6 is 0 Å². The van der Waals surface area contributed by atoms with E-state index in [0.717, 1.165) is 6.42 Å². The fourth-order valence-electron chi connectivity index (χ4n) is 1.75. The first kappa shape index (κ1) is 11.3. The van der Waals surface area contributed by atoms with Gasteiger partial charge in [-0.1, -0.05) is 44.4 Å². The Balaban J connectivity index is 2.46. The van der Waals surface area contributed by atoms with Gasteiger partial charge in [0, 0.05) is 0 Å². The van der Waals surface area contributed by atoms with Gasteiger partial charge in [-0.2, -0.15) is 0 Å². The smallest absolute Gasteiger partial charge is 0.0276 e. The minimum Gasteiger partial charge on any atom is -0.0617 e. The Labute approximate surface area is 88.4 Å². The van der Waals surface area contributed by atoms with Crippen molar-refractivity contribution in [2.45, 2.75) is 46.0 Å². The first-order valence-electron chi connectivity index (χ1n) is 5.60. The van der Waals surface area contributed by atoms with Crippen LogP contribution in [0.3, 0.4) is 0 Å². The van der Waals surface area contributed by atoms with Crippen molar-refractivity contribution in [3.63, 3.8) is 0 Å². The van der Waals surface area contributed by atoms with Gasteiger partial charge in [0.1, 0.15) is 0 Å². The molecule has 0 unspecified atom stereocenters. The summed E-state index contributed by atoms with van der Waals surface area (Å²) in [6.07, 6.45) is 6.20. The molecule has 0 saturated carbocycles. The highest BCUT2D eigenvalue weighted by Gasteiger charge is 1.99. The van der Waals surface area contributed by atoms with Gasteiger partial charge >= 0.3 is 0 Å². The summed E-state index contributed by atoms with van der Waals surface area (Å²) in [7, 11) is 0. The molecular formula is C14H21. The van der Waals surface area contributed by atoms with Crippen LogP contribution in [0.4, 0.5) is 0 Å². The maximum atomic E-state index is 3.86. The van der Waals surface area contributed by atoms with Crippen molar-refractivity contribution in [1.82, 2.24) is 0 Å². The van der Waals surface area contributed by atoms with E-state index in [9.17, 15) is 0 Å². The molecule has 1 aromatic rings. The molecule has 0 N–H and O–H groups in total. The minimum atomic E-state index is 1.08. The molecule has 0 aliphatic carbocycles. The molecule has 0 saturated heterocycles. The summed E-state index contributed by atoms with van der Waals surface area (Å²) in [5, 5.41) is 0. The van der Waals surface area contributed by atoms with E-state index in [1.165, 1.54) is 42.4 Å². The second-order valence-electron chi connectivity index (χ2n) is 4.02. The summed E-state index contributed by atoms with van der Waals surface area (Å²) >= 11 is 0. The molecule has 0 heteroatoms. The summed E-state index contributed by atoms with van der Waals surface area (Å²) in [6.45, 7) is 8.28. The van der Waals surface area contributed by atoms with Crippen molar-refractivity contribution in [3.8, 4) is 0 Å². The van der Waals surface area contributed by atoms with E-state index in [4.69, 9.17) is 0 Å². The Morgan fingerprint density at radius 1 is 1.07 bits per heavy atom. The van der Waals surface area contributed by atoms with Gasteiger partial charge in [-0.05, 0) is 43.4 Å². The van der Waals surface area contributed by atoms with Crippen LogP contribution in [0.25, 0.3) is 0 Å². The van der Waals surface area contributed by atoms with Gasteiger partial charge in [0.2, 0.25) is 0 Å². The normalized spacial score (nSPS) is 10.5. The molecule has 77 valence electrons. The SMILES string of the molecule is [CH2]CCCCCc1cccc(C)c1C. The van der Waals surface area contributed by atoms with Crippen molar-refractivity contribution in [2.75, 3.05) is 0 Å². The van der Waals surface area contributed by atoms with E-state index in [1.807, 2.05) is 0 Å². The molecular weight excluding hydrogens is 168 g/mol. The van der Waals surface area contributed by atoms with Gasteiger partial charge in [-0.25, -0.2) is 0 Å². The molecule has 0 atom stereocenters. The number of aryl methyl sites for hydroxylation is 2. The average Bonchev–Trinajstić information content (AvgIpc) is 2.19. The third kappa shape index (κ3) is 3.17. The molecule has 1 rings (SSSR count). The van der Waals surface area contributed by atoms with E-state index in [0.29, 0.717) is 0 Å². The van der Waals surface area contributed by atoms with E-state index < -0.39 is 0 Å². The molecule has 0 bridgehead atoms. The highest BCUT2D eigenvalue weighted by molar-refractivity contribution is 5.33. The van der Waals surface area contributed by atoms with E-state index >= 15 is 0 Å². The van der Waals surface area contributed by atoms with Crippen LogP contribution in [-0.4, -0.2) is 0 Å². The summed E-state index contributed by atoms with van der Waals surface area (Å²) < 4.78 is 0. The average molecular weight is 189 g/mol. The Morgan fingerprint density at radius 2 is 1.86 bits per heavy atom. The molecule has 0 amide bonds. The van der Waals surface area contributed by atoms with Gasteiger partial charge in [-0.15, -0.1) is 0 Å². The molecule has 1 radical (unpaired) electrons. The summed E-state index contributed by atoms with van der Waals surface area (Å²) in [4.78, 5) is 0. The standard InChI is InChI=1S/C14H21/c1-4-5-6-7-10-14-11-8-9-12(2)13(14)3/h8-9,11H,1,4-7,10H2,2-3H3. The van der Waals surface area contributed by atoms with Crippen molar-refractivity contribution in [2.24, 2.45) is 0 Å². The van der Waals surface area contributed by atoms with E-state index in [-0.39, 0.29) is 0 Å². The third-order valence-corrected chi connectivity index (χ3v) is 2.91. The number of rotatable bonds is 5. The molecule has 0 aromatic heterocycles. The van der Waals surface area contributed by atoms with Crippen LogP contribution in [0, 0.1) is 20.8 Å². The fraction of sp³-hybridized carbons (Fsp3) is 0.500. The van der Waals surface area contributed by atoms with Gasteiger partial charge in [-0.3, -0.25) is 0 Å². The first-order chi connectivity index (χ1) is 6.75. The van der Waals surface area contributed by atoms with Crippen molar-refractivity contribution in [3.05, 3.63) is 41.8 Å². The maximum absolute atomic E-state index is 3.86. The number of hydrogen-bond donors (Lipinski definition) is 0. The van der Waals surface area contributed by atoms with Gasteiger partial charge in [0.05, 0.1) is 0 Å². The minimum absolute atomic E-state index is 1.08. The molecule has 0 fully saturated rings. The highest BCUT2D eigenvalue weighted by Crippen LogP contribution is 2.15. The maximum Gasteiger partial charge on any atom is -0.0276 e. The molecule has 0 nitrogen and oxygen atoms in total. The van der Waals surface area contributed by atoms with Gasteiger partial charge in [0.15, 0.2) is 0 Å². The van der Waals surface area contributed by atoms with Gasteiger partial charge in [0.25, 0.3) is 0 Å². The third-order valence-electron chi connectivity index (χ3n) is 2.91.